The molecule has 0 aromatic carbocycles. The first-order valence-corrected chi connectivity index (χ1v) is 6.62. The molecule has 0 aliphatic heterocycles. The van der Waals surface area contributed by atoms with Crippen LogP contribution in [-0.2, 0) is 4.84 Å². The van der Waals surface area contributed by atoms with Gasteiger partial charge in [-0.3, -0.25) is 4.84 Å². The molecular weight excluding hydrogens is 198 g/mol. The summed E-state index contributed by atoms with van der Waals surface area (Å²) in [6, 6.07) is 0.554. The summed E-state index contributed by atoms with van der Waals surface area (Å²) in [5, 5.41) is 0. The van der Waals surface area contributed by atoms with Crippen LogP contribution in [0.1, 0.15) is 67.2 Å². The van der Waals surface area contributed by atoms with Gasteiger partial charge in [-0.15, -0.1) is 0 Å². The van der Waals surface area contributed by atoms with Gasteiger partial charge in [-0.05, 0) is 57.8 Å². The van der Waals surface area contributed by atoms with Gasteiger partial charge in [0.15, 0.2) is 0 Å². The first-order valence-electron chi connectivity index (χ1n) is 6.62. The van der Waals surface area contributed by atoms with Gasteiger partial charge in [0.1, 0.15) is 0 Å². The summed E-state index contributed by atoms with van der Waals surface area (Å²) in [6.45, 7) is 13.3. The maximum atomic E-state index is 5.64. The van der Waals surface area contributed by atoms with Gasteiger partial charge in [0, 0.05) is 6.04 Å². The SMILES string of the molecule is CC(C)(C)ONC1CCC(C(C)(C)C)CC1. The Kier molecular flexibility index (Phi) is 4.42. The van der Waals surface area contributed by atoms with Crippen LogP contribution in [0.4, 0.5) is 0 Å². The van der Waals surface area contributed by atoms with Crippen LogP contribution in [0.25, 0.3) is 0 Å². The lowest BCUT2D eigenvalue weighted by molar-refractivity contribution is -0.0957. The third-order valence-electron chi connectivity index (χ3n) is 3.48. The first kappa shape index (κ1) is 14.0. The average Bonchev–Trinajstić information content (AvgIpc) is 2.13. The van der Waals surface area contributed by atoms with Gasteiger partial charge in [-0.2, -0.15) is 5.48 Å². The van der Waals surface area contributed by atoms with Crippen molar-refractivity contribution >= 4 is 0 Å². The molecule has 1 aliphatic carbocycles. The zero-order valence-corrected chi connectivity index (χ0v) is 11.9. The molecule has 0 spiro atoms. The van der Waals surface area contributed by atoms with E-state index in [-0.39, 0.29) is 5.60 Å². The van der Waals surface area contributed by atoms with E-state index in [0.29, 0.717) is 11.5 Å². The van der Waals surface area contributed by atoms with Crippen molar-refractivity contribution in [3.63, 3.8) is 0 Å². The van der Waals surface area contributed by atoms with Crippen LogP contribution in [0.15, 0.2) is 0 Å². The Balaban J connectivity index is 2.28. The fourth-order valence-electron chi connectivity index (χ4n) is 2.34. The molecule has 1 N–H and O–H groups in total. The third-order valence-corrected chi connectivity index (χ3v) is 3.48. The molecule has 1 fully saturated rings. The minimum Gasteiger partial charge on any atom is -0.296 e. The highest BCUT2D eigenvalue weighted by Gasteiger charge is 2.30. The maximum absolute atomic E-state index is 5.64. The predicted molar refractivity (Wildman–Crippen MR) is 69.2 cm³/mol. The Morgan fingerprint density at radius 3 is 1.75 bits per heavy atom. The van der Waals surface area contributed by atoms with Crippen LogP contribution in [0.2, 0.25) is 0 Å². The third kappa shape index (κ3) is 4.84. The van der Waals surface area contributed by atoms with Crippen molar-refractivity contribution in [3.8, 4) is 0 Å². The normalized spacial score (nSPS) is 28.1. The van der Waals surface area contributed by atoms with Gasteiger partial charge in [0.25, 0.3) is 0 Å². The number of hydroxylamine groups is 1. The summed E-state index contributed by atoms with van der Waals surface area (Å²) in [4.78, 5) is 5.64. The second-order valence-corrected chi connectivity index (χ2v) is 7.25. The smallest absolute Gasteiger partial charge is 0.0813 e. The van der Waals surface area contributed by atoms with Gasteiger partial charge < -0.3 is 0 Å². The molecule has 2 heteroatoms. The highest BCUT2D eigenvalue weighted by Crippen LogP contribution is 2.37. The Hall–Kier alpha value is -0.0800. The second-order valence-electron chi connectivity index (χ2n) is 7.25. The van der Waals surface area contributed by atoms with E-state index in [9.17, 15) is 0 Å². The summed E-state index contributed by atoms with van der Waals surface area (Å²) in [5.41, 5.74) is 3.62. The lowest BCUT2D eigenvalue weighted by Crippen LogP contribution is -2.40. The predicted octanol–water partition coefficient (Wildman–Crippen LogP) is 3.91. The Morgan fingerprint density at radius 2 is 1.38 bits per heavy atom. The molecule has 0 amide bonds. The van der Waals surface area contributed by atoms with Gasteiger partial charge >= 0.3 is 0 Å². The quantitative estimate of drug-likeness (QED) is 0.722. The van der Waals surface area contributed by atoms with E-state index >= 15 is 0 Å². The summed E-state index contributed by atoms with van der Waals surface area (Å²) in [6.07, 6.45) is 5.15. The minimum absolute atomic E-state index is 0.0825. The van der Waals surface area contributed by atoms with Crippen molar-refractivity contribution < 1.29 is 4.84 Å². The first-order chi connectivity index (χ1) is 7.18. The summed E-state index contributed by atoms with van der Waals surface area (Å²) < 4.78 is 0. The molecular formula is C14H29NO. The second kappa shape index (κ2) is 5.05. The van der Waals surface area contributed by atoms with Crippen molar-refractivity contribution in [3.05, 3.63) is 0 Å². The van der Waals surface area contributed by atoms with Crippen LogP contribution >= 0.6 is 0 Å². The molecule has 0 aromatic rings. The maximum Gasteiger partial charge on any atom is 0.0813 e. The van der Waals surface area contributed by atoms with E-state index < -0.39 is 0 Å². The zero-order chi connectivity index (χ0) is 12.4. The molecule has 0 bridgehead atoms. The van der Waals surface area contributed by atoms with Crippen molar-refractivity contribution in [2.45, 2.75) is 78.9 Å². The molecule has 2 nitrogen and oxygen atoms in total. The Morgan fingerprint density at radius 1 is 0.875 bits per heavy atom. The summed E-state index contributed by atoms with van der Waals surface area (Å²) in [5.74, 6) is 0.875. The Bertz CT molecular complexity index is 204. The topological polar surface area (TPSA) is 21.3 Å². The number of rotatable bonds is 2. The molecule has 96 valence electrons. The molecule has 0 radical (unpaired) electrons. The van der Waals surface area contributed by atoms with Crippen LogP contribution in [0.3, 0.4) is 0 Å². The monoisotopic (exact) mass is 227 g/mol. The molecule has 0 unspecified atom stereocenters. The molecule has 1 rings (SSSR count). The lowest BCUT2D eigenvalue weighted by Gasteiger charge is -2.37. The van der Waals surface area contributed by atoms with Crippen LogP contribution in [0.5, 0.6) is 0 Å². The number of nitrogens with one attached hydrogen (secondary N) is 1. The van der Waals surface area contributed by atoms with Crippen molar-refractivity contribution in [2.75, 3.05) is 0 Å². The largest absolute Gasteiger partial charge is 0.296 e. The van der Waals surface area contributed by atoms with E-state index in [4.69, 9.17) is 4.84 Å². The van der Waals surface area contributed by atoms with Crippen molar-refractivity contribution in [1.82, 2.24) is 5.48 Å². The number of hydrogen-bond acceptors (Lipinski definition) is 2. The van der Waals surface area contributed by atoms with E-state index in [1.807, 2.05) is 0 Å². The molecule has 1 saturated carbocycles. The van der Waals surface area contributed by atoms with Crippen molar-refractivity contribution in [1.29, 1.82) is 0 Å². The lowest BCUT2D eigenvalue weighted by atomic mass is 9.71. The van der Waals surface area contributed by atoms with Crippen LogP contribution < -0.4 is 5.48 Å². The molecule has 0 atom stereocenters. The van der Waals surface area contributed by atoms with Crippen LogP contribution in [-0.4, -0.2) is 11.6 Å². The fourth-order valence-corrected chi connectivity index (χ4v) is 2.34. The minimum atomic E-state index is -0.0825. The van der Waals surface area contributed by atoms with E-state index in [1.165, 1.54) is 25.7 Å². The van der Waals surface area contributed by atoms with Gasteiger partial charge in [0.2, 0.25) is 0 Å². The van der Waals surface area contributed by atoms with E-state index in [1.54, 1.807) is 0 Å². The number of hydrogen-bond donors (Lipinski definition) is 1. The average molecular weight is 227 g/mol. The standard InChI is InChI=1S/C14H29NO/c1-13(2,3)11-7-9-12(10-8-11)15-16-14(4,5)6/h11-12,15H,7-10H2,1-6H3. The molecule has 1 aliphatic rings. The fraction of sp³-hybridized carbons (Fsp3) is 1.00. The molecule has 16 heavy (non-hydrogen) atoms. The van der Waals surface area contributed by atoms with Gasteiger partial charge in [-0.25, -0.2) is 0 Å². The molecule has 0 saturated heterocycles. The highest BCUT2D eigenvalue weighted by atomic mass is 16.7. The van der Waals surface area contributed by atoms with Gasteiger partial charge in [-0.1, -0.05) is 20.8 Å². The van der Waals surface area contributed by atoms with Gasteiger partial charge in [0.05, 0.1) is 5.60 Å². The summed E-state index contributed by atoms with van der Waals surface area (Å²) in [7, 11) is 0. The van der Waals surface area contributed by atoms with E-state index in [2.05, 4.69) is 47.0 Å². The Labute approximate surface area is 101 Å². The molecule has 0 aromatic heterocycles. The highest BCUT2D eigenvalue weighted by molar-refractivity contribution is 4.82. The van der Waals surface area contributed by atoms with Crippen LogP contribution in [0, 0.1) is 11.3 Å². The summed E-state index contributed by atoms with van der Waals surface area (Å²) >= 11 is 0. The zero-order valence-electron chi connectivity index (χ0n) is 11.9. The van der Waals surface area contributed by atoms with Crippen molar-refractivity contribution in [2.24, 2.45) is 11.3 Å². The molecule has 0 heterocycles. The van der Waals surface area contributed by atoms with E-state index in [0.717, 1.165) is 5.92 Å².